The van der Waals surface area contributed by atoms with Gasteiger partial charge in [0.1, 0.15) is 0 Å². The SMILES string of the molecule is CC(c1cccc2ccccc12)C1NC=N[C@@H]1C(C)c1cccc2ccccc12. The Labute approximate surface area is 172 Å². The van der Waals surface area contributed by atoms with Gasteiger partial charge in [-0.3, -0.25) is 4.99 Å². The van der Waals surface area contributed by atoms with E-state index in [-0.39, 0.29) is 12.1 Å². The molecule has 0 aromatic heterocycles. The maximum Gasteiger partial charge on any atom is 0.0831 e. The summed E-state index contributed by atoms with van der Waals surface area (Å²) in [7, 11) is 0. The molecule has 0 radical (unpaired) electrons. The molecule has 2 heteroatoms. The Morgan fingerprint density at radius 1 is 0.655 bits per heavy atom. The average molecular weight is 379 g/mol. The summed E-state index contributed by atoms with van der Waals surface area (Å²) in [6.07, 6.45) is 1.92. The van der Waals surface area contributed by atoms with Gasteiger partial charge in [-0.2, -0.15) is 0 Å². The number of nitrogens with one attached hydrogen (secondary N) is 1. The largest absolute Gasteiger partial charge is 0.371 e. The van der Waals surface area contributed by atoms with Gasteiger partial charge in [-0.1, -0.05) is 98.8 Å². The van der Waals surface area contributed by atoms with Gasteiger partial charge in [-0.25, -0.2) is 0 Å². The number of aliphatic imine (C=N–C) groups is 1. The highest BCUT2D eigenvalue weighted by Gasteiger charge is 2.35. The van der Waals surface area contributed by atoms with Crippen molar-refractivity contribution in [2.45, 2.75) is 37.8 Å². The second-order valence-electron chi connectivity index (χ2n) is 8.18. The molecule has 29 heavy (non-hydrogen) atoms. The second-order valence-corrected chi connectivity index (χ2v) is 8.18. The molecule has 0 amide bonds. The van der Waals surface area contributed by atoms with Crippen LogP contribution in [0.3, 0.4) is 0 Å². The Balaban J connectivity index is 1.51. The highest BCUT2D eigenvalue weighted by atomic mass is 15.1. The number of nitrogens with zero attached hydrogens (tertiary/aromatic N) is 1. The standard InChI is InChI=1S/C27H26N2/c1-18(22-15-7-11-20-9-3-5-13-24(20)22)26-27(29-17-28-26)19(2)23-16-8-12-21-10-4-6-14-25(21)23/h3-19,26-27H,1-2H3,(H,28,29)/t18?,19?,26-,27?/m1/s1. The first-order chi connectivity index (χ1) is 14.2. The Kier molecular flexibility index (Phi) is 4.55. The maximum absolute atomic E-state index is 4.89. The van der Waals surface area contributed by atoms with Crippen molar-refractivity contribution in [3.63, 3.8) is 0 Å². The summed E-state index contributed by atoms with van der Waals surface area (Å²) in [5.74, 6) is 0.681. The molecule has 4 aromatic carbocycles. The van der Waals surface area contributed by atoms with Crippen LogP contribution in [0.1, 0.15) is 36.8 Å². The number of fused-ring (bicyclic) bond motifs is 2. The quantitative estimate of drug-likeness (QED) is 0.445. The van der Waals surface area contributed by atoms with Crippen LogP contribution in [0.2, 0.25) is 0 Å². The highest BCUT2D eigenvalue weighted by molar-refractivity contribution is 5.87. The van der Waals surface area contributed by atoms with Crippen LogP contribution in [0, 0.1) is 0 Å². The van der Waals surface area contributed by atoms with Crippen LogP contribution in [0.5, 0.6) is 0 Å². The maximum atomic E-state index is 4.89. The fourth-order valence-electron chi connectivity index (χ4n) is 4.96. The lowest BCUT2D eigenvalue weighted by Crippen LogP contribution is -2.39. The lowest BCUT2D eigenvalue weighted by atomic mass is 9.79. The van der Waals surface area contributed by atoms with E-state index in [1.54, 1.807) is 0 Å². The molecule has 4 atom stereocenters. The summed E-state index contributed by atoms with van der Waals surface area (Å²) >= 11 is 0. The van der Waals surface area contributed by atoms with Gasteiger partial charge in [0.15, 0.2) is 0 Å². The highest BCUT2D eigenvalue weighted by Crippen LogP contribution is 2.37. The van der Waals surface area contributed by atoms with Crippen molar-refractivity contribution < 1.29 is 0 Å². The van der Waals surface area contributed by atoms with Gasteiger partial charge in [0.05, 0.1) is 18.4 Å². The van der Waals surface area contributed by atoms with Gasteiger partial charge in [-0.15, -0.1) is 0 Å². The molecule has 0 spiro atoms. The number of hydrogen-bond acceptors (Lipinski definition) is 2. The Morgan fingerprint density at radius 3 is 1.79 bits per heavy atom. The monoisotopic (exact) mass is 378 g/mol. The van der Waals surface area contributed by atoms with Crippen molar-refractivity contribution in [1.82, 2.24) is 5.32 Å². The van der Waals surface area contributed by atoms with Gasteiger partial charge < -0.3 is 5.32 Å². The summed E-state index contributed by atoms with van der Waals surface area (Å²) in [5, 5.41) is 8.85. The predicted molar refractivity (Wildman–Crippen MR) is 124 cm³/mol. The molecule has 5 rings (SSSR count). The lowest BCUT2D eigenvalue weighted by Gasteiger charge is -2.30. The molecule has 2 nitrogen and oxygen atoms in total. The zero-order valence-electron chi connectivity index (χ0n) is 16.9. The molecule has 0 saturated carbocycles. The van der Waals surface area contributed by atoms with E-state index in [0.717, 1.165) is 0 Å². The molecule has 0 aliphatic carbocycles. The van der Waals surface area contributed by atoms with Crippen molar-refractivity contribution in [2.75, 3.05) is 0 Å². The van der Waals surface area contributed by atoms with Crippen LogP contribution in [0.4, 0.5) is 0 Å². The summed E-state index contributed by atoms with van der Waals surface area (Å²) < 4.78 is 0. The van der Waals surface area contributed by atoms with E-state index in [2.05, 4.69) is 104 Å². The van der Waals surface area contributed by atoms with Crippen molar-refractivity contribution >= 4 is 27.9 Å². The fraction of sp³-hybridized carbons (Fsp3) is 0.222. The third kappa shape index (κ3) is 3.09. The third-order valence-corrected chi connectivity index (χ3v) is 6.56. The minimum atomic E-state index is 0.203. The van der Waals surface area contributed by atoms with E-state index in [0.29, 0.717) is 11.8 Å². The smallest absolute Gasteiger partial charge is 0.0831 e. The number of hydrogen-bond donors (Lipinski definition) is 1. The Hall–Kier alpha value is -3.13. The molecule has 0 bridgehead atoms. The third-order valence-electron chi connectivity index (χ3n) is 6.56. The van der Waals surface area contributed by atoms with E-state index in [4.69, 9.17) is 4.99 Å². The van der Waals surface area contributed by atoms with Crippen LogP contribution >= 0.6 is 0 Å². The van der Waals surface area contributed by atoms with Crippen molar-refractivity contribution in [1.29, 1.82) is 0 Å². The molecular weight excluding hydrogens is 352 g/mol. The lowest BCUT2D eigenvalue weighted by molar-refractivity contribution is 0.422. The molecule has 1 N–H and O–H groups in total. The molecule has 3 unspecified atom stereocenters. The first-order valence-electron chi connectivity index (χ1n) is 10.5. The first kappa shape index (κ1) is 17.9. The Morgan fingerprint density at radius 2 is 1.17 bits per heavy atom. The van der Waals surface area contributed by atoms with Crippen molar-refractivity contribution in [2.24, 2.45) is 4.99 Å². The van der Waals surface area contributed by atoms with Crippen LogP contribution in [0.25, 0.3) is 21.5 Å². The average Bonchev–Trinajstić information content (AvgIpc) is 3.27. The van der Waals surface area contributed by atoms with Crippen molar-refractivity contribution in [3.05, 3.63) is 96.1 Å². The van der Waals surface area contributed by atoms with Crippen molar-refractivity contribution in [3.8, 4) is 0 Å². The predicted octanol–water partition coefficient (Wildman–Crippen LogP) is 6.27. The minimum Gasteiger partial charge on any atom is -0.371 e. The molecule has 1 aliphatic heterocycles. The minimum absolute atomic E-state index is 0.203. The number of benzene rings is 4. The van der Waals surface area contributed by atoms with E-state index in [1.165, 1.54) is 32.7 Å². The van der Waals surface area contributed by atoms with Crippen LogP contribution < -0.4 is 5.32 Å². The van der Waals surface area contributed by atoms with Gasteiger partial charge >= 0.3 is 0 Å². The molecular formula is C27H26N2. The van der Waals surface area contributed by atoms with Gasteiger partial charge in [-0.05, 0) is 32.7 Å². The molecule has 4 aromatic rings. The number of rotatable bonds is 4. The Bertz CT molecular complexity index is 1180. The van der Waals surface area contributed by atoms with Crippen LogP contribution in [-0.4, -0.2) is 18.4 Å². The zero-order chi connectivity index (χ0) is 19.8. The topological polar surface area (TPSA) is 24.4 Å². The fourth-order valence-corrected chi connectivity index (χ4v) is 4.96. The van der Waals surface area contributed by atoms with Gasteiger partial charge in [0.2, 0.25) is 0 Å². The van der Waals surface area contributed by atoms with Crippen LogP contribution in [-0.2, 0) is 0 Å². The van der Waals surface area contributed by atoms with E-state index in [1.807, 2.05) is 6.34 Å². The summed E-state index contributed by atoms with van der Waals surface area (Å²) in [5.41, 5.74) is 2.77. The molecule has 0 fully saturated rings. The van der Waals surface area contributed by atoms with E-state index >= 15 is 0 Å². The second kappa shape index (κ2) is 7.36. The molecule has 1 heterocycles. The van der Waals surface area contributed by atoms with E-state index in [9.17, 15) is 0 Å². The van der Waals surface area contributed by atoms with Gasteiger partial charge in [0, 0.05) is 11.8 Å². The zero-order valence-corrected chi connectivity index (χ0v) is 16.9. The molecule has 0 saturated heterocycles. The molecule has 144 valence electrons. The first-order valence-corrected chi connectivity index (χ1v) is 10.5. The van der Waals surface area contributed by atoms with Crippen LogP contribution in [0.15, 0.2) is 89.9 Å². The summed E-state index contributed by atoms with van der Waals surface area (Å²) in [6.45, 7) is 4.65. The normalized spacial score (nSPS) is 20.6. The molecule has 1 aliphatic rings. The summed E-state index contributed by atoms with van der Waals surface area (Å²) in [4.78, 5) is 4.89. The van der Waals surface area contributed by atoms with Gasteiger partial charge in [0.25, 0.3) is 0 Å². The summed E-state index contributed by atoms with van der Waals surface area (Å²) in [6, 6.07) is 31.1. The van der Waals surface area contributed by atoms with E-state index < -0.39 is 0 Å².